The van der Waals surface area contributed by atoms with Gasteiger partial charge in [-0.3, -0.25) is 9.59 Å². The van der Waals surface area contributed by atoms with Gasteiger partial charge in [0, 0.05) is 23.4 Å². The quantitative estimate of drug-likeness (QED) is 0.513. The largest absolute Gasteiger partial charge is 0.394 e. The fourth-order valence-corrected chi connectivity index (χ4v) is 3.90. The van der Waals surface area contributed by atoms with Crippen molar-refractivity contribution in [2.24, 2.45) is 0 Å². The molecule has 1 saturated carbocycles. The molecule has 2 aromatic rings. The minimum atomic E-state index is -0.890. The molecular formula is C25H32N4O4. The number of aliphatic hydroxyl groups excluding tert-OH is 1. The van der Waals surface area contributed by atoms with Crippen LogP contribution < -0.4 is 10.6 Å². The number of carbonyl (C=O) groups is 2. The van der Waals surface area contributed by atoms with E-state index in [9.17, 15) is 19.8 Å². The van der Waals surface area contributed by atoms with Gasteiger partial charge in [0.15, 0.2) is 0 Å². The molecule has 1 aromatic heterocycles. The highest BCUT2D eigenvalue weighted by atomic mass is 16.3. The zero-order valence-corrected chi connectivity index (χ0v) is 19.6. The summed E-state index contributed by atoms with van der Waals surface area (Å²) in [6, 6.07) is 7.56. The predicted molar refractivity (Wildman–Crippen MR) is 126 cm³/mol. The molecule has 0 radical (unpaired) electrons. The first-order chi connectivity index (χ1) is 15.5. The van der Waals surface area contributed by atoms with Gasteiger partial charge in [0.05, 0.1) is 36.4 Å². The van der Waals surface area contributed by atoms with E-state index in [1.807, 2.05) is 32.9 Å². The lowest BCUT2D eigenvalue weighted by Crippen LogP contribution is -2.61. The molecular weight excluding hydrogens is 420 g/mol. The molecule has 0 unspecified atom stereocenters. The van der Waals surface area contributed by atoms with Crippen LogP contribution in [0.15, 0.2) is 30.5 Å². The summed E-state index contributed by atoms with van der Waals surface area (Å²) in [5.74, 6) is 0.0239. The maximum absolute atomic E-state index is 13.3. The average Bonchev–Trinajstić information content (AvgIpc) is 3.56. The summed E-state index contributed by atoms with van der Waals surface area (Å²) in [4.78, 5) is 32.0. The summed E-state index contributed by atoms with van der Waals surface area (Å²) in [5, 5.41) is 25.9. The van der Waals surface area contributed by atoms with Gasteiger partial charge in [-0.2, -0.15) is 0 Å². The van der Waals surface area contributed by atoms with Gasteiger partial charge in [-0.15, -0.1) is 0 Å². The van der Waals surface area contributed by atoms with E-state index in [0.717, 1.165) is 29.5 Å². The van der Waals surface area contributed by atoms with Crippen molar-refractivity contribution in [1.82, 2.24) is 15.2 Å². The Balaban J connectivity index is 1.70. The Kier molecular flexibility index (Phi) is 5.92. The van der Waals surface area contributed by atoms with E-state index in [4.69, 9.17) is 0 Å². The molecule has 2 aliphatic rings. The molecule has 8 heteroatoms. The van der Waals surface area contributed by atoms with E-state index in [1.165, 1.54) is 0 Å². The Labute approximate surface area is 194 Å². The molecule has 1 saturated heterocycles. The molecule has 2 amide bonds. The average molecular weight is 453 g/mol. The van der Waals surface area contributed by atoms with Crippen LogP contribution in [0, 0.1) is 6.92 Å². The van der Waals surface area contributed by atoms with Gasteiger partial charge < -0.3 is 25.7 Å². The first-order valence-electron chi connectivity index (χ1n) is 11.3. The van der Waals surface area contributed by atoms with Gasteiger partial charge in [-0.25, -0.2) is 4.98 Å². The molecule has 33 heavy (non-hydrogen) atoms. The van der Waals surface area contributed by atoms with Crippen molar-refractivity contribution in [3.8, 4) is 11.1 Å². The number of hydrogen-bond donors (Lipinski definition) is 4. The number of nitrogens with zero attached hydrogens (tertiary/aromatic N) is 2. The van der Waals surface area contributed by atoms with Gasteiger partial charge in [-0.05, 0) is 69.9 Å². The Morgan fingerprint density at radius 1 is 1.24 bits per heavy atom. The van der Waals surface area contributed by atoms with Gasteiger partial charge in [0.1, 0.15) is 5.82 Å². The van der Waals surface area contributed by atoms with E-state index in [2.05, 4.69) is 15.6 Å². The zero-order chi connectivity index (χ0) is 24.0. The first-order valence-corrected chi connectivity index (χ1v) is 11.3. The van der Waals surface area contributed by atoms with Crippen molar-refractivity contribution >= 4 is 17.6 Å². The standard InChI is InChI=1S/C25H32N4O4/c1-15-5-6-16(22(31)27-18-7-8-18)9-19(15)17-10-20(23(32)29-12-25(4,33)13-29)21(26-11-17)28-24(2,3)14-30/h5-6,9-11,18,30,33H,7-8,12-14H2,1-4H3,(H,26,28)(H,27,31). The number of aryl methyl sites for hydroxylation is 1. The summed E-state index contributed by atoms with van der Waals surface area (Å²) in [5.41, 5.74) is 1.86. The second kappa shape index (κ2) is 8.43. The molecule has 4 rings (SSSR count). The number of anilines is 1. The second-order valence-electron chi connectivity index (χ2n) is 10.2. The van der Waals surface area contributed by atoms with Crippen LogP contribution in [0.4, 0.5) is 5.82 Å². The maximum Gasteiger partial charge on any atom is 0.257 e. The molecule has 0 bridgehead atoms. The Hall–Kier alpha value is -2.97. The van der Waals surface area contributed by atoms with Crippen LogP contribution in [-0.4, -0.2) is 68.8 Å². The monoisotopic (exact) mass is 452 g/mol. The minimum absolute atomic E-state index is 0.103. The number of aliphatic hydroxyl groups is 2. The van der Waals surface area contributed by atoms with Crippen LogP contribution in [0.25, 0.3) is 11.1 Å². The highest BCUT2D eigenvalue weighted by Crippen LogP contribution is 2.31. The Morgan fingerprint density at radius 2 is 1.94 bits per heavy atom. The Morgan fingerprint density at radius 3 is 2.55 bits per heavy atom. The highest BCUT2D eigenvalue weighted by molar-refractivity contribution is 6.01. The fourth-order valence-electron chi connectivity index (χ4n) is 3.90. The lowest BCUT2D eigenvalue weighted by Gasteiger charge is -2.44. The third-order valence-corrected chi connectivity index (χ3v) is 6.04. The molecule has 2 heterocycles. The number of pyridine rings is 1. The number of likely N-dealkylation sites (tertiary alicyclic amines) is 1. The molecule has 1 aliphatic heterocycles. The fraction of sp³-hybridized carbons (Fsp3) is 0.480. The summed E-state index contributed by atoms with van der Waals surface area (Å²) in [6.07, 6.45) is 3.70. The van der Waals surface area contributed by atoms with E-state index < -0.39 is 11.1 Å². The number of nitrogens with one attached hydrogen (secondary N) is 2. The Bertz CT molecular complexity index is 1080. The van der Waals surface area contributed by atoms with E-state index in [1.54, 1.807) is 30.2 Å². The number of benzene rings is 1. The molecule has 1 aliphatic carbocycles. The van der Waals surface area contributed by atoms with Crippen LogP contribution in [0.2, 0.25) is 0 Å². The number of hydrogen-bond acceptors (Lipinski definition) is 6. The van der Waals surface area contributed by atoms with Crippen LogP contribution in [0.5, 0.6) is 0 Å². The summed E-state index contributed by atoms with van der Waals surface area (Å²) in [6.45, 7) is 7.63. The molecule has 0 atom stereocenters. The second-order valence-corrected chi connectivity index (χ2v) is 10.2. The maximum atomic E-state index is 13.3. The lowest BCUT2D eigenvalue weighted by atomic mass is 9.94. The van der Waals surface area contributed by atoms with E-state index >= 15 is 0 Å². The predicted octanol–water partition coefficient (Wildman–Crippen LogP) is 2.34. The molecule has 1 aromatic carbocycles. The van der Waals surface area contributed by atoms with E-state index in [-0.39, 0.29) is 37.6 Å². The number of amides is 2. The van der Waals surface area contributed by atoms with Crippen molar-refractivity contribution in [1.29, 1.82) is 0 Å². The van der Waals surface area contributed by atoms with Crippen LogP contribution in [0.3, 0.4) is 0 Å². The van der Waals surface area contributed by atoms with Crippen molar-refractivity contribution < 1.29 is 19.8 Å². The smallest absolute Gasteiger partial charge is 0.257 e. The van der Waals surface area contributed by atoms with Crippen LogP contribution in [-0.2, 0) is 0 Å². The van der Waals surface area contributed by atoms with Crippen molar-refractivity contribution in [3.05, 3.63) is 47.2 Å². The number of rotatable bonds is 7. The summed E-state index contributed by atoms with van der Waals surface area (Å²) in [7, 11) is 0. The minimum Gasteiger partial charge on any atom is -0.394 e. The number of aromatic nitrogens is 1. The first kappa shape index (κ1) is 23.2. The van der Waals surface area contributed by atoms with Gasteiger partial charge in [0.25, 0.3) is 11.8 Å². The molecule has 176 valence electrons. The third kappa shape index (κ3) is 5.17. The number of carbonyl (C=O) groups excluding carboxylic acids is 2. The molecule has 0 spiro atoms. The zero-order valence-electron chi connectivity index (χ0n) is 19.6. The highest BCUT2D eigenvalue weighted by Gasteiger charge is 2.40. The molecule has 8 nitrogen and oxygen atoms in total. The van der Waals surface area contributed by atoms with Gasteiger partial charge in [-0.1, -0.05) is 6.07 Å². The van der Waals surface area contributed by atoms with Crippen LogP contribution >= 0.6 is 0 Å². The summed E-state index contributed by atoms with van der Waals surface area (Å²) >= 11 is 0. The van der Waals surface area contributed by atoms with Crippen molar-refractivity contribution in [2.75, 3.05) is 25.0 Å². The van der Waals surface area contributed by atoms with Crippen LogP contribution in [0.1, 0.15) is 59.9 Å². The molecule has 2 fully saturated rings. The normalized spacial score (nSPS) is 17.3. The molecule has 4 N–H and O–H groups in total. The van der Waals surface area contributed by atoms with Gasteiger partial charge >= 0.3 is 0 Å². The van der Waals surface area contributed by atoms with Gasteiger partial charge in [0.2, 0.25) is 0 Å². The number of β-amino-alcohol motifs (C(OH)–C–C–N with tert-alkyl or cyclic N) is 1. The third-order valence-electron chi connectivity index (χ3n) is 6.04. The van der Waals surface area contributed by atoms with Crippen molar-refractivity contribution in [3.63, 3.8) is 0 Å². The van der Waals surface area contributed by atoms with E-state index in [0.29, 0.717) is 16.9 Å². The summed E-state index contributed by atoms with van der Waals surface area (Å²) < 4.78 is 0. The lowest BCUT2D eigenvalue weighted by molar-refractivity contribution is -0.0668. The van der Waals surface area contributed by atoms with Crippen molar-refractivity contribution in [2.45, 2.75) is 57.7 Å². The topological polar surface area (TPSA) is 115 Å². The SMILES string of the molecule is Cc1ccc(C(=O)NC2CC2)cc1-c1cnc(NC(C)(C)CO)c(C(=O)N2CC(C)(O)C2)c1.